The second-order valence-corrected chi connectivity index (χ2v) is 5.31. The Kier molecular flexibility index (Phi) is 4.89. The van der Waals surface area contributed by atoms with Crippen LogP contribution in [0.5, 0.6) is 0 Å². The molecule has 2 aromatic rings. The molecule has 21 heavy (non-hydrogen) atoms. The van der Waals surface area contributed by atoms with Gasteiger partial charge in [0, 0.05) is 18.0 Å². The van der Waals surface area contributed by atoms with Crippen molar-refractivity contribution in [2.45, 2.75) is 13.0 Å². The molecule has 1 amide bonds. The van der Waals surface area contributed by atoms with Crippen molar-refractivity contribution in [1.82, 2.24) is 9.88 Å². The van der Waals surface area contributed by atoms with E-state index in [-0.39, 0.29) is 11.7 Å². The Labute approximate surface area is 126 Å². The van der Waals surface area contributed by atoms with Crippen molar-refractivity contribution in [3.8, 4) is 0 Å². The molecule has 2 rings (SSSR count). The summed E-state index contributed by atoms with van der Waals surface area (Å²) in [6.07, 6.45) is 0.303. The minimum absolute atomic E-state index is 0.0135. The largest absolute Gasteiger partial charge is 0.409 e. The van der Waals surface area contributed by atoms with Gasteiger partial charge in [0.1, 0.15) is 0 Å². The molecule has 0 saturated carbocycles. The van der Waals surface area contributed by atoms with Gasteiger partial charge >= 0.3 is 0 Å². The van der Waals surface area contributed by atoms with Crippen molar-refractivity contribution in [2.75, 3.05) is 7.05 Å². The lowest BCUT2D eigenvalue weighted by Crippen LogP contribution is -2.27. The maximum Gasteiger partial charge on any atom is 0.227 e. The lowest BCUT2D eigenvalue weighted by molar-refractivity contribution is -0.129. The number of thiazole rings is 1. The number of nitrogens with zero attached hydrogens (tertiary/aromatic N) is 3. The number of aromatic nitrogens is 1. The van der Waals surface area contributed by atoms with E-state index < -0.39 is 0 Å². The van der Waals surface area contributed by atoms with Crippen LogP contribution in [0.15, 0.2) is 40.3 Å². The Bertz CT molecular complexity index is 623. The maximum absolute atomic E-state index is 12.1. The molecule has 0 spiro atoms. The van der Waals surface area contributed by atoms with Gasteiger partial charge in [-0.15, -0.1) is 11.3 Å². The average Bonchev–Trinajstić information content (AvgIpc) is 3.00. The quantitative estimate of drug-likeness (QED) is 0.378. The Morgan fingerprint density at radius 1 is 1.43 bits per heavy atom. The summed E-state index contributed by atoms with van der Waals surface area (Å²) >= 11 is 1.51. The Balaban J connectivity index is 1.96. The van der Waals surface area contributed by atoms with E-state index in [1.807, 2.05) is 5.38 Å². The van der Waals surface area contributed by atoms with E-state index in [1.165, 1.54) is 11.3 Å². The SMILES string of the molecule is CN(Cc1cscn1)C(=O)Cc1ccc(C(N)=NO)cc1. The molecule has 0 aliphatic carbocycles. The van der Waals surface area contributed by atoms with Gasteiger partial charge < -0.3 is 15.8 Å². The van der Waals surface area contributed by atoms with Gasteiger partial charge in [-0.25, -0.2) is 4.98 Å². The summed E-state index contributed by atoms with van der Waals surface area (Å²) in [5, 5.41) is 13.5. The molecular formula is C14H16N4O2S. The highest BCUT2D eigenvalue weighted by Gasteiger charge is 2.11. The predicted octanol–water partition coefficient (Wildman–Crippen LogP) is 1.44. The molecule has 0 saturated heterocycles. The Morgan fingerprint density at radius 3 is 2.71 bits per heavy atom. The summed E-state index contributed by atoms with van der Waals surface area (Å²) in [6.45, 7) is 0.504. The van der Waals surface area contributed by atoms with E-state index in [4.69, 9.17) is 10.9 Å². The second kappa shape index (κ2) is 6.85. The van der Waals surface area contributed by atoms with Crippen molar-refractivity contribution in [1.29, 1.82) is 0 Å². The summed E-state index contributed by atoms with van der Waals surface area (Å²) in [5.74, 6) is 0.0630. The number of oxime groups is 1. The smallest absolute Gasteiger partial charge is 0.227 e. The van der Waals surface area contributed by atoms with Crippen molar-refractivity contribution < 1.29 is 10.0 Å². The number of hydrogen-bond acceptors (Lipinski definition) is 5. The first-order chi connectivity index (χ1) is 10.1. The van der Waals surface area contributed by atoms with Gasteiger partial charge in [0.15, 0.2) is 5.84 Å². The highest BCUT2D eigenvalue weighted by molar-refractivity contribution is 7.07. The van der Waals surface area contributed by atoms with Crippen molar-refractivity contribution >= 4 is 23.1 Å². The van der Waals surface area contributed by atoms with E-state index in [0.29, 0.717) is 18.5 Å². The van der Waals surface area contributed by atoms with Gasteiger partial charge in [-0.05, 0) is 5.56 Å². The third-order valence-electron chi connectivity index (χ3n) is 3.02. The standard InChI is InChI=1S/C14H16N4O2S/c1-18(7-12-8-21-9-16-12)13(19)6-10-2-4-11(5-3-10)14(15)17-20/h2-5,8-9,20H,6-7H2,1H3,(H2,15,17). The number of rotatable bonds is 5. The fraction of sp³-hybridized carbons (Fsp3) is 0.214. The molecule has 3 N–H and O–H groups in total. The molecule has 0 fully saturated rings. The summed E-state index contributed by atoms with van der Waals surface area (Å²) < 4.78 is 0. The number of nitrogens with two attached hydrogens (primary N) is 1. The zero-order valence-electron chi connectivity index (χ0n) is 11.6. The van der Waals surface area contributed by atoms with Gasteiger partial charge in [0.25, 0.3) is 0 Å². The fourth-order valence-electron chi connectivity index (χ4n) is 1.81. The van der Waals surface area contributed by atoms with Crippen LogP contribution < -0.4 is 5.73 Å². The van der Waals surface area contributed by atoms with Crippen LogP contribution in [0.2, 0.25) is 0 Å². The number of carbonyl (C=O) groups excluding carboxylic acids is 1. The second-order valence-electron chi connectivity index (χ2n) is 4.59. The zero-order chi connectivity index (χ0) is 15.2. The van der Waals surface area contributed by atoms with Crippen LogP contribution in [-0.2, 0) is 17.8 Å². The lowest BCUT2D eigenvalue weighted by atomic mass is 10.1. The minimum atomic E-state index is 0.0135. The summed E-state index contributed by atoms with van der Waals surface area (Å²) in [7, 11) is 1.76. The first-order valence-corrected chi connectivity index (χ1v) is 7.22. The molecule has 7 heteroatoms. The first-order valence-electron chi connectivity index (χ1n) is 6.28. The Hall–Kier alpha value is -2.41. The third-order valence-corrected chi connectivity index (χ3v) is 3.66. The van der Waals surface area contributed by atoms with E-state index in [2.05, 4.69) is 10.1 Å². The van der Waals surface area contributed by atoms with Crippen LogP contribution in [0.25, 0.3) is 0 Å². The number of hydrogen-bond donors (Lipinski definition) is 2. The highest BCUT2D eigenvalue weighted by Crippen LogP contribution is 2.09. The van der Waals surface area contributed by atoms with Gasteiger partial charge in [-0.2, -0.15) is 0 Å². The molecule has 0 atom stereocenters. The van der Waals surface area contributed by atoms with Gasteiger partial charge in [0.05, 0.1) is 24.2 Å². The van der Waals surface area contributed by atoms with Gasteiger partial charge in [0.2, 0.25) is 5.91 Å². The van der Waals surface area contributed by atoms with Crippen molar-refractivity contribution in [3.05, 3.63) is 52.0 Å². The average molecular weight is 304 g/mol. The summed E-state index contributed by atoms with van der Waals surface area (Å²) in [6, 6.07) is 7.03. The van der Waals surface area contributed by atoms with E-state index in [1.54, 1.807) is 41.7 Å². The fourth-order valence-corrected chi connectivity index (χ4v) is 2.36. The normalized spacial score (nSPS) is 11.4. The monoisotopic (exact) mass is 304 g/mol. The van der Waals surface area contributed by atoms with Gasteiger partial charge in [-0.1, -0.05) is 29.4 Å². The zero-order valence-corrected chi connectivity index (χ0v) is 12.4. The molecule has 0 aliphatic rings. The Morgan fingerprint density at radius 2 is 2.14 bits per heavy atom. The molecule has 1 aromatic carbocycles. The number of amidine groups is 1. The summed E-state index contributed by atoms with van der Waals surface area (Å²) in [4.78, 5) is 17.9. The van der Waals surface area contributed by atoms with Crippen LogP contribution >= 0.6 is 11.3 Å². The minimum Gasteiger partial charge on any atom is -0.409 e. The molecule has 0 unspecified atom stereocenters. The first kappa shape index (κ1) is 15.0. The predicted molar refractivity (Wildman–Crippen MR) is 81.2 cm³/mol. The molecule has 0 radical (unpaired) electrons. The van der Waals surface area contributed by atoms with Crippen LogP contribution in [0.1, 0.15) is 16.8 Å². The van der Waals surface area contributed by atoms with E-state index in [0.717, 1.165) is 11.3 Å². The van der Waals surface area contributed by atoms with E-state index >= 15 is 0 Å². The maximum atomic E-state index is 12.1. The molecule has 0 aliphatic heterocycles. The van der Waals surface area contributed by atoms with Crippen LogP contribution in [0, 0.1) is 0 Å². The molecular weight excluding hydrogens is 288 g/mol. The molecule has 110 valence electrons. The van der Waals surface area contributed by atoms with Crippen LogP contribution in [-0.4, -0.2) is 33.9 Å². The van der Waals surface area contributed by atoms with Crippen molar-refractivity contribution in [3.63, 3.8) is 0 Å². The molecule has 0 bridgehead atoms. The van der Waals surface area contributed by atoms with Crippen molar-refractivity contribution in [2.24, 2.45) is 10.9 Å². The summed E-state index contributed by atoms with van der Waals surface area (Å²) in [5.41, 5.74) is 9.62. The van der Waals surface area contributed by atoms with Crippen LogP contribution in [0.3, 0.4) is 0 Å². The van der Waals surface area contributed by atoms with Gasteiger partial charge in [-0.3, -0.25) is 4.79 Å². The molecule has 6 nitrogen and oxygen atoms in total. The number of amides is 1. The van der Waals surface area contributed by atoms with Crippen LogP contribution in [0.4, 0.5) is 0 Å². The molecule has 1 heterocycles. The lowest BCUT2D eigenvalue weighted by Gasteiger charge is -2.16. The highest BCUT2D eigenvalue weighted by atomic mass is 32.1. The topological polar surface area (TPSA) is 91.8 Å². The molecule has 1 aromatic heterocycles. The third kappa shape index (κ3) is 4.03. The van der Waals surface area contributed by atoms with E-state index in [9.17, 15) is 4.79 Å². The number of carbonyl (C=O) groups is 1. The number of likely N-dealkylation sites (N-methyl/N-ethyl adjacent to an activating group) is 1. The number of benzene rings is 1.